The van der Waals surface area contributed by atoms with E-state index in [2.05, 4.69) is 43.6 Å². The van der Waals surface area contributed by atoms with Crippen molar-refractivity contribution in [1.29, 1.82) is 0 Å². The molecule has 2 rings (SSSR count). The molecule has 0 radical (unpaired) electrons. The molecule has 0 bridgehead atoms. The quantitative estimate of drug-likeness (QED) is 0.864. The Kier molecular flexibility index (Phi) is 5.75. The summed E-state index contributed by atoms with van der Waals surface area (Å²) in [7, 11) is 1.98. The molecule has 0 aliphatic carbocycles. The fourth-order valence-electron chi connectivity index (χ4n) is 2.42. The molecule has 2 aromatic rings. The summed E-state index contributed by atoms with van der Waals surface area (Å²) in [6.45, 7) is 7.58. The average Bonchev–Trinajstić information content (AvgIpc) is 2.84. The second-order valence-corrected chi connectivity index (χ2v) is 6.99. The lowest BCUT2D eigenvalue weighted by Gasteiger charge is -2.18. The van der Waals surface area contributed by atoms with Crippen LogP contribution in [0.4, 0.5) is 5.69 Å². The molecular weight excluding hydrogens is 292 g/mol. The van der Waals surface area contributed by atoms with Gasteiger partial charge in [0.25, 0.3) is 0 Å². The van der Waals surface area contributed by atoms with Crippen LogP contribution in [0, 0.1) is 6.92 Å². The van der Waals surface area contributed by atoms with Gasteiger partial charge in [-0.2, -0.15) is 0 Å². The molecule has 0 fully saturated rings. The SMILES string of the molecule is Cc1ccsc1CN(C)CC(=O)Nc1ccccc1C(C)C. The van der Waals surface area contributed by atoms with Crippen LogP contribution in [-0.2, 0) is 11.3 Å². The Balaban J connectivity index is 1.94. The Morgan fingerprint density at radius 1 is 1.27 bits per heavy atom. The van der Waals surface area contributed by atoms with Gasteiger partial charge in [0.05, 0.1) is 6.54 Å². The number of nitrogens with zero attached hydrogens (tertiary/aromatic N) is 1. The Labute approximate surface area is 137 Å². The van der Waals surface area contributed by atoms with Crippen LogP contribution >= 0.6 is 11.3 Å². The summed E-state index contributed by atoms with van der Waals surface area (Å²) in [6, 6.07) is 10.1. The number of amides is 1. The van der Waals surface area contributed by atoms with E-state index in [1.165, 1.54) is 16.0 Å². The topological polar surface area (TPSA) is 32.3 Å². The summed E-state index contributed by atoms with van der Waals surface area (Å²) in [5.74, 6) is 0.424. The molecule has 118 valence electrons. The van der Waals surface area contributed by atoms with Crippen LogP contribution in [0.25, 0.3) is 0 Å². The summed E-state index contributed by atoms with van der Waals surface area (Å²) < 4.78 is 0. The third-order valence-electron chi connectivity index (χ3n) is 3.65. The molecule has 1 aromatic carbocycles. The van der Waals surface area contributed by atoms with Crippen LogP contribution in [0.1, 0.15) is 35.8 Å². The van der Waals surface area contributed by atoms with Gasteiger partial charge in [0, 0.05) is 17.1 Å². The van der Waals surface area contributed by atoms with E-state index in [-0.39, 0.29) is 5.91 Å². The van der Waals surface area contributed by atoms with Crippen LogP contribution in [0.3, 0.4) is 0 Å². The van der Waals surface area contributed by atoms with Crippen molar-refractivity contribution in [2.24, 2.45) is 0 Å². The zero-order chi connectivity index (χ0) is 16.1. The zero-order valence-electron chi connectivity index (χ0n) is 13.7. The van der Waals surface area contributed by atoms with Crippen LogP contribution in [-0.4, -0.2) is 24.4 Å². The number of hydrogen-bond acceptors (Lipinski definition) is 3. The van der Waals surface area contributed by atoms with E-state index in [1.54, 1.807) is 11.3 Å². The largest absolute Gasteiger partial charge is 0.325 e. The molecule has 0 unspecified atom stereocenters. The molecule has 4 heteroatoms. The third kappa shape index (κ3) is 4.42. The monoisotopic (exact) mass is 316 g/mol. The Bertz CT molecular complexity index is 634. The van der Waals surface area contributed by atoms with E-state index in [0.717, 1.165) is 12.2 Å². The molecule has 0 atom stereocenters. The molecule has 0 saturated heterocycles. The first-order chi connectivity index (χ1) is 10.5. The number of likely N-dealkylation sites (N-methyl/N-ethyl adjacent to an activating group) is 1. The lowest BCUT2D eigenvalue weighted by molar-refractivity contribution is -0.117. The Morgan fingerprint density at radius 3 is 2.64 bits per heavy atom. The van der Waals surface area contributed by atoms with Gasteiger partial charge in [-0.25, -0.2) is 0 Å². The number of anilines is 1. The van der Waals surface area contributed by atoms with E-state index in [9.17, 15) is 4.79 Å². The molecular formula is C18H24N2OS. The Morgan fingerprint density at radius 2 is 2.00 bits per heavy atom. The van der Waals surface area contributed by atoms with Gasteiger partial charge in [0.1, 0.15) is 0 Å². The third-order valence-corrected chi connectivity index (χ3v) is 4.66. The molecule has 1 aromatic heterocycles. The highest BCUT2D eigenvalue weighted by Crippen LogP contribution is 2.23. The van der Waals surface area contributed by atoms with Gasteiger partial charge in [-0.15, -0.1) is 11.3 Å². The van der Waals surface area contributed by atoms with Crippen LogP contribution < -0.4 is 5.32 Å². The molecule has 1 amide bonds. The van der Waals surface area contributed by atoms with Gasteiger partial charge in [0.2, 0.25) is 5.91 Å². The first-order valence-corrected chi connectivity index (χ1v) is 8.45. The molecule has 1 N–H and O–H groups in total. The number of benzene rings is 1. The van der Waals surface area contributed by atoms with Gasteiger partial charge < -0.3 is 5.32 Å². The molecule has 0 spiro atoms. The Hall–Kier alpha value is -1.65. The normalized spacial score (nSPS) is 11.2. The number of rotatable bonds is 6. The van der Waals surface area contributed by atoms with E-state index < -0.39 is 0 Å². The summed E-state index contributed by atoms with van der Waals surface area (Å²) in [6.07, 6.45) is 0. The lowest BCUT2D eigenvalue weighted by Crippen LogP contribution is -2.30. The second kappa shape index (κ2) is 7.56. The number of carbonyl (C=O) groups excluding carboxylic acids is 1. The molecule has 1 heterocycles. The van der Waals surface area contributed by atoms with Gasteiger partial charge >= 0.3 is 0 Å². The summed E-state index contributed by atoms with van der Waals surface area (Å²) in [5.41, 5.74) is 3.39. The average molecular weight is 316 g/mol. The van der Waals surface area contributed by atoms with E-state index >= 15 is 0 Å². The minimum absolute atomic E-state index is 0.0322. The van der Waals surface area contributed by atoms with Crippen molar-refractivity contribution < 1.29 is 4.79 Å². The minimum atomic E-state index is 0.0322. The van der Waals surface area contributed by atoms with Crippen molar-refractivity contribution in [3.8, 4) is 0 Å². The molecule has 0 saturated carbocycles. The van der Waals surface area contributed by atoms with Gasteiger partial charge in [-0.05, 0) is 48.5 Å². The van der Waals surface area contributed by atoms with Crippen molar-refractivity contribution in [1.82, 2.24) is 4.90 Å². The van der Waals surface area contributed by atoms with Crippen molar-refractivity contribution in [2.75, 3.05) is 18.9 Å². The van der Waals surface area contributed by atoms with Gasteiger partial charge in [-0.1, -0.05) is 32.0 Å². The predicted octanol–water partition coefficient (Wildman–Crippen LogP) is 4.25. The van der Waals surface area contributed by atoms with Crippen molar-refractivity contribution >= 4 is 22.9 Å². The van der Waals surface area contributed by atoms with Gasteiger partial charge in [-0.3, -0.25) is 9.69 Å². The van der Waals surface area contributed by atoms with Crippen LogP contribution in [0.2, 0.25) is 0 Å². The number of thiophene rings is 1. The van der Waals surface area contributed by atoms with Gasteiger partial charge in [0.15, 0.2) is 0 Å². The molecule has 3 nitrogen and oxygen atoms in total. The van der Waals surface area contributed by atoms with Crippen molar-refractivity contribution in [2.45, 2.75) is 33.2 Å². The fraction of sp³-hybridized carbons (Fsp3) is 0.389. The molecule has 22 heavy (non-hydrogen) atoms. The lowest BCUT2D eigenvalue weighted by atomic mass is 10.0. The first kappa shape index (κ1) is 16.7. The fourth-order valence-corrected chi connectivity index (χ4v) is 3.40. The maximum Gasteiger partial charge on any atom is 0.238 e. The number of aryl methyl sites for hydroxylation is 1. The number of para-hydroxylation sites is 1. The van der Waals surface area contributed by atoms with Crippen LogP contribution in [0.15, 0.2) is 35.7 Å². The summed E-state index contributed by atoms with van der Waals surface area (Å²) in [4.78, 5) is 15.6. The van der Waals surface area contributed by atoms with E-state index in [1.807, 2.05) is 30.1 Å². The number of nitrogens with one attached hydrogen (secondary N) is 1. The number of hydrogen-bond donors (Lipinski definition) is 1. The number of carbonyl (C=O) groups is 1. The smallest absolute Gasteiger partial charge is 0.238 e. The zero-order valence-corrected chi connectivity index (χ0v) is 14.5. The highest BCUT2D eigenvalue weighted by molar-refractivity contribution is 7.10. The standard InChI is InChI=1S/C18H24N2OS/c1-13(2)15-7-5-6-8-16(15)19-18(21)12-20(4)11-17-14(3)9-10-22-17/h5-10,13H,11-12H2,1-4H3,(H,19,21). The highest BCUT2D eigenvalue weighted by Gasteiger charge is 2.12. The second-order valence-electron chi connectivity index (χ2n) is 5.99. The first-order valence-electron chi connectivity index (χ1n) is 7.57. The minimum Gasteiger partial charge on any atom is -0.325 e. The summed E-state index contributed by atoms with van der Waals surface area (Å²) in [5, 5.41) is 5.13. The summed E-state index contributed by atoms with van der Waals surface area (Å²) >= 11 is 1.74. The molecule has 0 aliphatic heterocycles. The van der Waals surface area contributed by atoms with Crippen molar-refractivity contribution in [3.05, 3.63) is 51.7 Å². The van der Waals surface area contributed by atoms with Crippen LogP contribution in [0.5, 0.6) is 0 Å². The highest BCUT2D eigenvalue weighted by atomic mass is 32.1. The maximum absolute atomic E-state index is 12.3. The predicted molar refractivity (Wildman–Crippen MR) is 94.6 cm³/mol. The maximum atomic E-state index is 12.3. The van der Waals surface area contributed by atoms with E-state index in [4.69, 9.17) is 0 Å². The molecule has 0 aliphatic rings. The van der Waals surface area contributed by atoms with E-state index in [0.29, 0.717) is 12.5 Å². The van der Waals surface area contributed by atoms with Crippen molar-refractivity contribution in [3.63, 3.8) is 0 Å².